The molecule has 5 nitrogen and oxygen atoms in total. The van der Waals surface area contributed by atoms with E-state index in [1.54, 1.807) is 4.31 Å². The van der Waals surface area contributed by atoms with Gasteiger partial charge < -0.3 is 5.11 Å². The molecule has 1 aliphatic carbocycles. The lowest BCUT2D eigenvalue weighted by Crippen LogP contribution is -2.85. The molecule has 6 heteroatoms. The number of sulfonamides is 1. The van der Waals surface area contributed by atoms with E-state index in [0.717, 1.165) is 12.1 Å². The van der Waals surface area contributed by atoms with Gasteiger partial charge in [-0.25, -0.2) is 8.42 Å². The van der Waals surface area contributed by atoms with Crippen LogP contribution in [0, 0.1) is 5.92 Å². The molecule has 0 unspecified atom stereocenters. The molecule has 1 aromatic rings. The van der Waals surface area contributed by atoms with Gasteiger partial charge in [-0.15, -0.1) is 0 Å². The Hall–Kier alpha value is -1.21. The van der Waals surface area contributed by atoms with Crippen LogP contribution in [0.15, 0.2) is 30.3 Å². The molecule has 3 fully saturated rings. The third kappa shape index (κ3) is 2.93. The van der Waals surface area contributed by atoms with Crippen molar-refractivity contribution in [2.45, 2.75) is 37.3 Å². The summed E-state index contributed by atoms with van der Waals surface area (Å²) in [6.45, 7) is 4.18. The number of allylic oxidation sites excluding steroid dienone is 1. The molecular formula is C20H28N2O3S. The van der Waals surface area contributed by atoms with Crippen LogP contribution < -0.4 is 0 Å². The van der Waals surface area contributed by atoms with Crippen molar-refractivity contribution in [1.29, 1.82) is 0 Å². The highest BCUT2D eigenvalue weighted by atomic mass is 32.2. The Balaban J connectivity index is 1.62. The molecule has 0 amide bonds. The highest BCUT2D eigenvalue weighted by molar-refractivity contribution is 7.88. The van der Waals surface area contributed by atoms with Crippen LogP contribution in [-0.4, -0.2) is 66.8 Å². The third-order valence-electron chi connectivity index (χ3n) is 6.30. The maximum Gasteiger partial charge on any atom is 0.211 e. The minimum Gasteiger partial charge on any atom is -0.395 e. The van der Waals surface area contributed by atoms with E-state index in [2.05, 4.69) is 35.2 Å². The molecule has 3 aliphatic rings. The second kappa shape index (κ2) is 6.44. The van der Waals surface area contributed by atoms with Crippen molar-refractivity contribution in [3.05, 3.63) is 41.5 Å². The van der Waals surface area contributed by atoms with Crippen LogP contribution in [0.2, 0.25) is 0 Å². The summed E-state index contributed by atoms with van der Waals surface area (Å²) >= 11 is 0. The van der Waals surface area contributed by atoms with Gasteiger partial charge in [0, 0.05) is 31.6 Å². The Bertz CT molecular complexity index is 793. The number of likely N-dealkylation sites (tertiary alicyclic amines) is 1. The van der Waals surface area contributed by atoms with Crippen molar-refractivity contribution in [3.63, 3.8) is 0 Å². The summed E-state index contributed by atoms with van der Waals surface area (Å²) in [6, 6.07) is 8.58. The SMILES string of the molecule is C/C=C/c1ccc([C@H]2[C@@H](CO)N(CC3CC3)C23CN(S(C)(=O)=O)C3)cc1. The monoisotopic (exact) mass is 376 g/mol. The molecule has 2 heterocycles. The molecule has 0 bridgehead atoms. The smallest absolute Gasteiger partial charge is 0.211 e. The van der Waals surface area contributed by atoms with E-state index in [1.807, 2.05) is 13.0 Å². The predicted molar refractivity (Wildman–Crippen MR) is 103 cm³/mol. The van der Waals surface area contributed by atoms with Gasteiger partial charge in [-0.05, 0) is 36.8 Å². The van der Waals surface area contributed by atoms with E-state index >= 15 is 0 Å². The van der Waals surface area contributed by atoms with Gasteiger partial charge in [-0.1, -0.05) is 36.4 Å². The zero-order chi connectivity index (χ0) is 18.5. The molecule has 0 radical (unpaired) electrons. The van der Waals surface area contributed by atoms with Crippen molar-refractivity contribution in [1.82, 2.24) is 9.21 Å². The Kier molecular flexibility index (Phi) is 4.50. The molecule has 2 aliphatic heterocycles. The van der Waals surface area contributed by atoms with Gasteiger partial charge in [0.2, 0.25) is 10.0 Å². The molecular weight excluding hydrogens is 348 g/mol. The first kappa shape index (κ1) is 18.2. The molecule has 4 rings (SSSR count). The van der Waals surface area contributed by atoms with E-state index < -0.39 is 10.0 Å². The molecule has 2 saturated heterocycles. The maximum absolute atomic E-state index is 11.9. The second-order valence-corrected chi connectivity index (χ2v) is 10.1. The van der Waals surface area contributed by atoms with Gasteiger partial charge in [0.25, 0.3) is 0 Å². The number of aliphatic hydroxyl groups is 1. The fourth-order valence-corrected chi connectivity index (χ4v) is 5.70. The summed E-state index contributed by atoms with van der Waals surface area (Å²) in [6.07, 6.45) is 7.88. The molecule has 1 N–H and O–H groups in total. The van der Waals surface area contributed by atoms with Crippen LogP contribution >= 0.6 is 0 Å². The van der Waals surface area contributed by atoms with E-state index in [9.17, 15) is 13.5 Å². The van der Waals surface area contributed by atoms with Gasteiger partial charge in [0.1, 0.15) is 0 Å². The summed E-state index contributed by atoms with van der Waals surface area (Å²) in [7, 11) is -3.16. The minimum atomic E-state index is -3.16. The molecule has 1 aromatic carbocycles. The van der Waals surface area contributed by atoms with Crippen molar-refractivity contribution in [2.24, 2.45) is 5.92 Å². The highest BCUT2D eigenvalue weighted by Crippen LogP contribution is 2.55. The van der Waals surface area contributed by atoms with E-state index in [1.165, 1.54) is 24.7 Å². The van der Waals surface area contributed by atoms with Crippen molar-refractivity contribution >= 4 is 16.1 Å². The van der Waals surface area contributed by atoms with Gasteiger partial charge in [-0.2, -0.15) is 4.31 Å². The maximum atomic E-state index is 11.9. The number of nitrogens with zero attached hydrogens (tertiary/aromatic N) is 2. The average molecular weight is 377 g/mol. The van der Waals surface area contributed by atoms with Gasteiger partial charge in [-0.3, -0.25) is 4.90 Å². The Morgan fingerprint density at radius 3 is 2.38 bits per heavy atom. The topological polar surface area (TPSA) is 60.9 Å². The highest BCUT2D eigenvalue weighted by Gasteiger charge is 2.67. The van der Waals surface area contributed by atoms with Crippen LogP contribution in [0.4, 0.5) is 0 Å². The lowest BCUT2D eigenvalue weighted by Gasteiger charge is -2.70. The Morgan fingerprint density at radius 1 is 1.23 bits per heavy atom. The molecule has 0 aromatic heterocycles. The zero-order valence-electron chi connectivity index (χ0n) is 15.5. The van der Waals surface area contributed by atoms with Gasteiger partial charge in [0.15, 0.2) is 0 Å². The summed E-state index contributed by atoms with van der Waals surface area (Å²) in [5, 5.41) is 10.1. The first-order valence-corrected chi connectivity index (χ1v) is 11.3. The summed E-state index contributed by atoms with van der Waals surface area (Å²) < 4.78 is 25.5. The summed E-state index contributed by atoms with van der Waals surface area (Å²) in [5.74, 6) is 0.898. The third-order valence-corrected chi connectivity index (χ3v) is 7.50. The van der Waals surface area contributed by atoms with E-state index in [4.69, 9.17) is 0 Å². The largest absolute Gasteiger partial charge is 0.395 e. The van der Waals surface area contributed by atoms with Crippen LogP contribution in [0.3, 0.4) is 0 Å². The fraction of sp³-hybridized carbons (Fsp3) is 0.600. The van der Waals surface area contributed by atoms with Crippen molar-refractivity contribution in [2.75, 3.05) is 32.5 Å². The zero-order valence-corrected chi connectivity index (χ0v) is 16.3. The average Bonchev–Trinajstić information content (AvgIpc) is 3.34. The number of aliphatic hydroxyl groups excluding tert-OH is 1. The normalized spacial score (nSPS) is 29.0. The standard InChI is InChI=1S/C20H28N2O3S/c1-3-4-15-7-9-17(10-8-15)19-18(12-23)22(11-16-5-6-16)20(19)13-21(14-20)26(2,24)25/h3-4,7-10,16,18-19,23H,5-6,11-14H2,1-2H3/b4-3+/t18-,19+/m1/s1. The fourth-order valence-electron chi connectivity index (χ4n) is 4.78. The Morgan fingerprint density at radius 2 is 1.88 bits per heavy atom. The van der Waals surface area contributed by atoms with Crippen LogP contribution in [0.25, 0.3) is 6.08 Å². The first-order valence-electron chi connectivity index (χ1n) is 9.44. The molecule has 2 atom stereocenters. The Labute approximate surface area is 156 Å². The van der Waals surface area contributed by atoms with Crippen LogP contribution in [-0.2, 0) is 10.0 Å². The minimum absolute atomic E-state index is 0.0878. The molecule has 142 valence electrons. The van der Waals surface area contributed by atoms with Crippen LogP contribution in [0.5, 0.6) is 0 Å². The number of benzene rings is 1. The van der Waals surface area contributed by atoms with Crippen molar-refractivity contribution in [3.8, 4) is 0 Å². The molecule has 1 spiro atoms. The number of rotatable bonds is 6. The van der Waals surface area contributed by atoms with Gasteiger partial charge in [0.05, 0.1) is 18.4 Å². The number of hydrogen-bond donors (Lipinski definition) is 1. The quantitative estimate of drug-likeness (QED) is 0.824. The van der Waals surface area contributed by atoms with E-state index in [-0.39, 0.29) is 24.1 Å². The predicted octanol–water partition coefficient (Wildman–Crippen LogP) is 1.90. The summed E-state index contributed by atoms with van der Waals surface area (Å²) in [4.78, 5) is 2.40. The van der Waals surface area contributed by atoms with Crippen LogP contribution in [0.1, 0.15) is 36.8 Å². The van der Waals surface area contributed by atoms with Crippen molar-refractivity contribution < 1.29 is 13.5 Å². The van der Waals surface area contributed by atoms with Gasteiger partial charge >= 0.3 is 0 Å². The molecule has 1 saturated carbocycles. The number of hydrogen-bond acceptors (Lipinski definition) is 4. The lowest BCUT2D eigenvalue weighted by molar-refractivity contribution is -0.172. The second-order valence-electron chi connectivity index (χ2n) is 8.12. The van der Waals surface area contributed by atoms with E-state index in [0.29, 0.717) is 19.0 Å². The summed E-state index contributed by atoms with van der Waals surface area (Å²) in [5.41, 5.74) is 2.21. The molecule has 26 heavy (non-hydrogen) atoms. The lowest BCUT2D eigenvalue weighted by atomic mass is 9.61. The first-order chi connectivity index (χ1) is 12.4.